The Morgan fingerprint density at radius 3 is 2.39 bits per heavy atom. The molecule has 1 N–H and O–H groups in total. The van der Waals surface area contributed by atoms with Gasteiger partial charge < -0.3 is 14.8 Å². The Morgan fingerprint density at radius 1 is 1.03 bits per heavy atom. The SMILES string of the molecule is CCOC(=O)C(C)(C)Sc1ccc(NCc2ccc(-c3ccccc3)nc2OC)cc1. The van der Waals surface area contributed by atoms with Crippen LogP contribution in [0.5, 0.6) is 5.88 Å². The van der Waals surface area contributed by atoms with Crippen LogP contribution < -0.4 is 10.1 Å². The second kappa shape index (κ2) is 10.4. The quantitative estimate of drug-likeness (QED) is 0.338. The van der Waals surface area contributed by atoms with Gasteiger partial charge in [-0.3, -0.25) is 4.79 Å². The van der Waals surface area contributed by atoms with Crippen molar-refractivity contribution in [3.8, 4) is 17.1 Å². The molecule has 0 unspecified atom stereocenters. The van der Waals surface area contributed by atoms with E-state index in [0.29, 0.717) is 19.0 Å². The maximum Gasteiger partial charge on any atom is 0.321 e. The molecule has 5 nitrogen and oxygen atoms in total. The first-order valence-corrected chi connectivity index (χ1v) is 11.0. The molecule has 0 aliphatic rings. The van der Waals surface area contributed by atoms with Gasteiger partial charge in [0.2, 0.25) is 5.88 Å². The Bertz CT molecular complexity index is 1010. The van der Waals surface area contributed by atoms with E-state index in [1.165, 1.54) is 11.8 Å². The van der Waals surface area contributed by atoms with E-state index in [-0.39, 0.29) is 5.97 Å². The van der Waals surface area contributed by atoms with E-state index in [4.69, 9.17) is 9.47 Å². The highest BCUT2D eigenvalue weighted by Crippen LogP contribution is 2.34. The lowest BCUT2D eigenvalue weighted by Crippen LogP contribution is -2.29. The molecular formula is C25H28N2O3S. The Hall–Kier alpha value is -2.99. The molecular weight excluding hydrogens is 408 g/mol. The highest BCUT2D eigenvalue weighted by Gasteiger charge is 2.30. The van der Waals surface area contributed by atoms with Crippen LogP contribution in [0.15, 0.2) is 71.6 Å². The Balaban J connectivity index is 1.64. The van der Waals surface area contributed by atoms with Gasteiger partial charge in [-0.1, -0.05) is 30.3 Å². The topological polar surface area (TPSA) is 60.5 Å². The molecule has 6 heteroatoms. The summed E-state index contributed by atoms with van der Waals surface area (Å²) in [5.41, 5.74) is 3.89. The van der Waals surface area contributed by atoms with Gasteiger partial charge in [0.25, 0.3) is 0 Å². The molecule has 0 atom stereocenters. The molecule has 1 aromatic heterocycles. The van der Waals surface area contributed by atoms with Crippen molar-refractivity contribution in [2.45, 2.75) is 37.0 Å². The lowest BCUT2D eigenvalue weighted by molar-refractivity contribution is -0.145. The van der Waals surface area contributed by atoms with Gasteiger partial charge in [-0.2, -0.15) is 0 Å². The molecule has 0 spiro atoms. The first kappa shape index (κ1) is 22.7. The number of benzene rings is 2. The van der Waals surface area contributed by atoms with Crippen LogP contribution in [0.4, 0.5) is 5.69 Å². The van der Waals surface area contributed by atoms with Crippen molar-refractivity contribution < 1.29 is 14.3 Å². The third kappa shape index (κ3) is 6.01. The second-order valence-electron chi connectivity index (χ2n) is 7.44. The van der Waals surface area contributed by atoms with Crippen LogP contribution in [0, 0.1) is 0 Å². The number of esters is 1. The normalized spacial score (nSPS) is 11.1. The van der Waals surface area contributed by atoms with Gasteiger partial charge >= 0.3 is 5.97 Å². The van der Waals surface area contributed by atoms with Gasteiger partial charge in [0.1, 0.15) is 4.75 Å². The van der Waals surface area contributed by atoms with Crippen molar-refractivity contribution in [2.75, 3.05) is 19.0 Å². The number of aromatic nitrogens is 1. The smallest absolute Gasteiger partial charge is 0.321 e. The number of hydrogen-bond donors (Lipinski definition) is 1. The van der Waals surface area contributed by atoms with Crippen LogP contribution in [0.25, 0.3) is 11.3 Å². The molecule has 0 bridgehead atoms. The van der Waals surface area contributed by atoms with E-state index in [9.17, 15) is 4.79 Å². The Kier molecular flexibility index (Phi) is 7.58. The van der Waals surface area contributed by atoms with Gasteiger partial charge in [-0.05, 0) is 57.2 Å². The van der Waals surface area contributed by atoms with E-state index in [1.807, 2.05) is 87.5 Å². The summed E-state index contributed by atoms with van der Waals surface area (Å²) >= 11 is 1.49. The number of ether oxygens (including phenoxy) is 2. The van der Waals surface area contributed by atoms with E-state index < -0.39 is 4.75 Å². The fourth-order valence-electron chi connectivity index (χ4n) is 3.03. The van der Waals surface area contributed by atoms with Crippen LogP contribution in [0.2, 0.25) is 0 Å². The molecule has 0 aliphatic carbocycles. The van der Waals surface area contributed by atoms with Crippen LogP contribution in [-0.2, 0) is 16.1 Å². The lowest BCUT2D eigenvalue weighted by atomic mass is 10.1. The van der Waals surface area contributed by atoms with Crippen LogP contribution in [0.1, 0.15) is 26.3 Å². The standard InChI is InChI=1S/C25H28N2O3S/c1-5-30-24(28)25(2,3)31-21-14-12-20(13-15-21)26-17-19-11-16-22(27-23(19)29-4)18-9-7-6-8-10-18/h6-16,26H,5,17H2,1-4H3. The van der Waals surface area contributed by atoms with Crippen LogP contribution >= 0.6 is 11.8 Å². The van der Waals surface area contributed by atoms with Crippen molar-refractivity contribution >= 4 is 23.4 Å². The molecule has 162 valence electrons. The molecule has 0 amide bonds. The number of carbonyl (C=O) groups is 1. The molecule has 1 heterocycles. The lowest BCUT2D eigenvalue weighted by Gasteiger charge is -2.21. The summed E-state index contributed by atoms with van der Waals surface area (Å²) in [6.45, 7) is 6.54. The van der Waals surface area contributed by atoms with Crippen molar-refractivity contribution in [1.82, 2.24) is 4.98 Å². The maximum atomic E-state index is 12.1. The summed E-state index contributed by atoms with van der Waals surface area (Å²) in [6, 6.07) is 22.1. The van der Waals surface area contributed by atoms with Crippen LogP contribution in [-0.4, -0.2) is 29.4 Å². The van der Waals surface area contributed by atoms with E-state index >= 15 is 0 Å². The van der Waals surface area contributed by atoms with E-state index in [0.717, 1.165) is 27.4 Å². The number of carbonyl (C=O) groups excluding carboxylic acids is 1. The van der Waals surface area contributed by atoms with E-state index in [1.54, 1.807) is 7.11 Å². The minimum atomic E-state index is -0.634. The molecule has 3 aromatic rings. The number of pyridine rings is 1. The van der Waals surface area contributed by atoms with Crippen molar-refractivity contribution in [3.63, 3.8) is 0 Å². The summed E-state index contributed by atoms with van der Waals surface area (Å²) in [4.78, 5) is 17.8. The highest BCUT2D eigenvalue weighted by atomic mass is 32.2. The van der Waals surface area contributed by atoms with Crippen LogP contribution in [0.3, 0.4) is 0 Å². The maximum absolute atomic E-state index is 12.1. The minimum absolute atomic E-state index is 0.208. The fraction of sp³-hybridized carbons (Fsp3) is 0.280. The fourth-order valence-corrected chi connectivity index (χ4v) is 4.03. The van der Waals surface area contributed by atoms with Gasteiger partial charge in [0.05, 0.1) is 19.4 Å². The first-order valence-electron chi connectivity index (χ1n) is 10.2. The average Bonchev–Trinajstić information content (AvgIpc) is 2.79. The van der Waals surface area contributed by atoms with Crippen molar-refractivity contribution in [3.05, 3.63) is 72.3 Å². The largest absolute Gasteiger partial charge is 0.481 e. The third-order valence-corrected chi connectivity index (χ3v) is 5.86. The molecule has 0 aliphatic heterocycles. The zero-order valence-corrected chi connectivity index (χ0v) is 19.2. The summed E-state index contributed by atoms with van der Waals surface area (Å²) in [7, 11) is 1.64. The molecule has 0 fully saturated rings. The number of nitrogens with zero attached hydrogens (tertiary/aromatic N) is 1. The number of hydrogen-bond acceptors (Lipinski definition) is 6. The molecule has 0 saturated carbocycles. The summed E-state index contributed by atoms with van der Waals surface area (Å²) in [6.07, 6.45) is 0. The third-order valence-electron chi connectivity index (χ3n) is 4.68. The number of methoxy groups -OCH3 is 1. The van der Waals surface area contributed by atoms with Crippen molar-refractivity contribution in [1.29, 1.82) is 0 Å². The molecule has 0 saturated heterocycles. The Morgan fingerprint density at radius 2 is 1.74 bits per heavy atom. The Labute approximate surface area is 188 Å². The van der Waals surface area contributed by atoms with Crippen molar-refractivity contribution in [2.24, 2.45) is 0 Å². The predicted molar refractivity (Wildman–Crippen MR) is 127 cm³/mol. The number of nitrogens with one attached hydrogen (secondary N) is 1. The molecule has 3 rings (SSSR count). The summed E-state index contributed by atoms with van der Waals surface area (Å²) in [5.74, 6) is 0.401. The number of rotatable bonds is 9. The average molecular weight is 437 g/mol. The highest BCUT2D eigenvalue weighted by molar-refractivity contribution is 8.01. The second-order valence-corrected chi connectivity index (χ2v) is 9.14. The molecule has 31 heavy (non-hydrogen) atoms. The summed E-state index contributed by atoms with van der Waals surface area (Å²) in [5, 5.41) is 3.41. The predicted octanol–water partition coefficient (Wildman–Crippen LogP) is 5.80. The molecule has 2 aromatic carbocycles. The van der Waals surface area contributed by atoms with E-state index in [2.05, 4.69) is 10.3 Å². The number of thioether (sulfide) groups is 1. The zero-order chi connectivity index (χ0) is 22.3. The molecule has 0 radical (unpaired) electrons. The monoisotopic (exact) mass is 436 g/mol. The minimum Gasteiger partial charge on any atom is -0.481 e. The first-order chi connectivity index (χ1) is 14.9. The van der Waals surface area contributed by atoms with Gasteiger partial charge in [-0.25, -0.2) is 4.98 Å². The zero-order valence-electron chi connectivity index (χ0n) is 18.3. The van der Waals surface area contributed by atoms with Gasteiger partial charge in [0.15, 0.2) is 0 Å². The van der Waals surface area contributed by atoms with Gasteiger partial charge in [0, 0.05) is 28.3 Å². The van der Waals surface area contributed by atoms with Gasteiger partial charge in [-0.15, -0.1) is 11.8 Å². The summed E-state index contributed by atoms with van der Waals surface area (Å²) < 4.78 is 10.0. The number of anilines is 1.